The maximum absolute atomic E-state index is 11.1. The molecule has 3 amide bonds. The fourth-order valence-corrected chi connectivity index (χ4v) is 0.639. The second-order valence-corrected chi connectivity index (χ2v) is 3.80. The Hall–Kier alpha value is -1.14. The number of carbonyl (C=O) groups is 2. The Morgan fingerprint density at radius 1 is 1.50 bits per heavy atom. The van der Waals surface area contributed by atoms with Crippen LogP contribution in [0.15, 0.2) is 0 Å². The first-order valence-electron chi connectivity index (χ1n) is 4.23. The SMILES string of the molecule is CC(OCC(C)(C)N)C(=O)NC(N)=O. The summed E-state index contributed by atoms with van der Waals surface area (Å²) in [4.78, 5) is 21.4. The summed E-state index contributed by atoms with van der Waals surface area (Å²) >= 11 is 0. The molecule has 0 bridgehead atoms. The fourth-order valence-electron chi connectivity index (χ4n) is 0.639. The van der Waals surface area contributed by atoms with Gasteiger partial charge in [-0.3, -0.25) is 10.1 Å². The number of rotatable bonds is 4. The normalized spacial score (nSPS) is 13.4. The molecule has 0 spiro atoms. The molecule has 0 saturated heterocycles. The number of imide groups is 1. The number of ether oxygens (including phenoxy) is 1. The van der Waals surface area contributed by atoms with Crippen molar-refractivity contribution in [2.24, 2.45) is 11.5 Å². The molecule has 0 aliphatic carbocycles. The molecule has 0 aromatic heterocycles. The quantitative estimate of drug-likeness (QED) is 0.562. The van der Waals surface area contributed by atoms with Gasteiger partial charge in [0.2, 0.25) is 0 Å². The highest BCUT2D eigenvalue weighted by Gasteiger charge is 2.18. The molecule has 0 aliphatic heterocycles. The molecule has 0 aromatic rings. The molecule has 6 heteroatoms. The second kappa shape index (κ2) is 4.92. The largest absolute Gasteiger partial charge is 0.367 e. The smallest absolute Gasteiger partial charge is 0.318 e. The maximum atomic E-state index is 11.1. The van der Waals surface area contributed by atoms with E-state index in [0.717, 1.165) is 0 Å². The van der Waals surface area contributed by atoms with Gasteiger partial charge in [-0.1, -0.05) is 0 Å². The van der Waals surface area contributed by atoms with Crippen molar-refractivity contribution >= 4 is 11.9 Å². The minimum absolute atomic E-state index is 0.223. The average Bonchev–Trinajstić information content (AvgIpc) is 1.97. The summed E-state index contributed by atoms with van der Waals surface area (Å²) in [5.74, 6) is -0.568. The van der Waals surface area contributed by atoms with Crippen molar-refractivity contribution in [3.05, 3.63) is 0 Å². The zero-order valence-corrected chi connectivity index (χ0v) is 8.66. The predicted octanol–water partition coefficient (Wildman–Crippen LogP) is -0.676. The lowest BCUT2D eigenvalue weighted by molar-refractivity contribution is -0.131. The molecule has 82 valence electrons. The zero-order valence-electron chi connectivity index (χ0n) is 8.66. The Morgan fingerprint density at radius 2 is 2.00 bits per heavy atom. The molecule has 0 rings (SSSR count). The third-order valence-corrected chi connectivity index (χ3v) is 1.32. The van der Waals surface area contributed by atoms with E-state index in [4.69, 9.17) is 16.2 Å². The molecular formula is C8H17N3O3. The van der Waals surface area contributed by atoms with Gasteiger partial charge in [-0.2, -0.15) is 0 Å². The van der Waals surface area contributed by atoms with E-state index in [0.29, 0.717) is 0 Å². The van der Waals surface area contributed by atoms with E-state index in [-0.39, 0.29) is 6.61 Å². The summed E-state index contributed by atoms with van der Waals surface area (Å²) in [6, 6.07) is -0.891. The summed E-state index contributed by atoms with van der Waals surface area (Å²) in [5.41, 5.74) is 9.89. The van der Waals surface area contributed by atoms with Gasteiger partial charge < -0.3 is 16.2 Å². The lowest BCUT2D eigenvalue weighted by Crippen LogP contribution is -2.44. The van der Waals surface area contributed by atoms with E-state index in [9.17, 15) is 9.59 Å². The highest BCUT2D eigenvalue weighted by atomic mass is 16.5. The number of hydrogen-bond acceptors (Lipinski definition) is 4. The molecule has 0 aliphatic rings. The van der Waals surface area contributed by atoms with Gasteiger partial charge in [-0.05, 0) is 20.8 Å². The Balaban J connectivity index is 3.90. The minimum Gasteiger partial charge on any atom is -0.367 e. The topological polar surface area (TPSA) is 107 Å². The number of nitrogens with one attached hydrogen (secondary N) is 1. The van der Waals surface area contributed by atoms with Crippen molar-refractivity contribution in [3.63, 3.8) is 0 Å². The lowest BCUT2D eigenvalue weighted by atomic mass is 10.1. The summed E-state index contributed by atoms with van der Waals surface area (Å²) < 4.78 is 5.12. The van der Waals surface area contributed by atoms with Crippen molar-refractivity contribution in [1.29, 1.82) is 0 Å². The minimum atomic E-state index is -0.891. The van der Waals surface area contributed by atoms with Crippen molar-refractivity contribution in [3.8, 4) is 0 Å². The molecule has 0 saturated carbocycles. The maximum Gasteiger partial charge on any atom is 0.318 e. The average molecular weight is 203 g/mol. The van der Waals surface area contributed by atoms with Gasteiger partial charge >= 0.3 is 6.03 Å². The van der Waals surface area contributed by atoms with Crippen LogP contribution in [0.3, 0.4) is 0 Å². The monoisotopic (exact) mass is 203 g/mol. The lowest BCUT2D eigenvalue weighted by Gasteiger charge is -2.21. The molecule has 0 heterocycles. The summed E-state index contributed by atoms with van der Waals surface area (Å²) in [6.07, 6.45) is -0.745. The van der Waals surface area contributed by atoms with Crippen LogP contribution in [0.25, 0.3) is 0 Å². The van der Waals surface area contributed by atoms with E-state index < -0.39 is 23.6 Å². The molecule has 6 nitrogen and oxygen atoms in total. The first-order chi connectivity index (χ1) is 6.22. The van der Waals surface area contributed by atoms with Gasteiger partial charge in [-0.15, -0.1) is 0 Å². The van der Waals surface area contributed by atoms with Crippen molar-refractivity contribution < 1.29 is 14.3 Å². The van der Waals surface area contributed by atoms with Gasteiger partial charge in [0.15, 0.2) is 0 Å². The highest BCUT2D eigenvalue weighted by molar-refractivity contribution is 5.95. The molecule has 0 fully saturated rings. The van der Waals surface area contributed by atoms with E-state index in [1.807, 2.05) is 5.32 Å². The van der Waals surface area contributed by atoms with Crippen LogP contribution in [0, 0.1) is 0 Å². The third-order valence-electron chi connectivity index (χ3n) is 1.32. The van der Waals surface area contributed by atoms with Crippen LogP contribution in [-0.2, 0) is 9.53 Å². The second-order valence-electron chi connectivity index (χ2n) is 3.80. The van der Waals surface area contributed by atoms with Crippen LogP contribution >= 0.6 is 0 Å². The number of hydrogen-bond donors (Lipinski definition) is 3. The number of primary amides is 1. The number of urea groups is 1. The van der Waals surface area contributed by atoms with Crippen molar-refractivity contribution in [2.45, 2.75) is 32.4 Å². The Kier molecular flexibility index (Phi) is 4.52. The highest BCUT2D eigenvalue weighted by Crippen LogP contribution is 2.00. The Morgan fingerprint density at radius 3 is 2.36 bits per heavy atom. The van der Waals surface area contributed by atoms with Crippen LogP contribution in [0.1, 0.15) is 20.8 Å². The van der Waals surface area contributed by atoms with Crippen LogP contribution in [-0.4, -0.2) is 30.2 Å². The van der Waals surface area contributed by atoms with E-state index in [1.165, 1.54) is 6.92 Å². The van der Waals surface area contributed by atoms with Crippen molar-refractivity contribution in [2.75, 3.05) is 6.61 Å². The van der Waals surface area contributed by atoms with E-state index in [1.54, 1.807) is 13.8 Å². The number of carbonyl (C=O) groups excluding carboxylic acids is 2. The fraction of sp³-hybridized carbons (Fsp3) is 0.750. The molecule has 1 unspecified atom stereocenters. The van der Waals surface area contributed by atoms with Gasteiger partial charge in [0.25, 0.3) is 5.91 Å². The van der Waals surface area contributed by atoms with E-state index in [2.05, 4.69) is 0 Å². The summed E-state index contributed by atoms with van der Waals surface area (Å²) in [6.45, 7) is 5.28. The van der Waals surface area contributed by atoms with Gasteiger partial charge in [0, 0.05) is 5.54 Å². The van der Waals surface area contributed by atoms with Crippen LogP contribution in [0.4, 0.5) is 4.79 Å². The predicted molar refractivity (Wildman–Crippen MR) is 51.4 cm³/mol. The first-order valence-corrected chi connectivity index (χ1v) is 4.23. The third kappa shape index (κ3) is 6.38. The molecule has 0 radical (unpaired) electrons. The molecule has 0 aromatic carbocycles. The Labute approximate surface area is 83.0 Å². The summed E-state index contributed by atoms with van der Waals surface area (Å²) in [7, 11) is 0. The van der Waals surface area contributed by atoms with Crippen LogP contribution in [0.2, 0.25) is 0 Å². The zero-order chi connectivity index (χ0) is 11.4. The standard InChI is InChI=1S/C8H17N3O3/c1-5(6(12)11-7(9)13)14-4-8(2,3)10/h5H,4,10H2,1-3H3,(H3,9,11,12,13). The van der Waals surface area contributed by atoms with Gasteiger partial charge in [-0.25, -0.2) is 4.79 Å². The Bertz CT molecular complexity index is 222. The molecular weight excluding hydrogens is 186 g/mol. The number of nitrogens with two attached hydrogens (primary N) is 2. The molecule has 5 N–H and O–H groups in total. The molecule has 14 heavy (non-hydrogen) atoms. The van der Waals surface area contributed by atoms with Crippen LogP contribution < -0.4 is 16.8 Å². The first kappa shape index (κ1) is 12.9. The van der Waals surface area contributed by atoms with Crippen molar-refractivity contribution in [1.82, 2.24) is 5.32 Å². The number of amides is 3. The summed E-state index contributed by atoms with van der Waals surface area (Å²) in [5, 5.41) is 1.91. The van der Waals surface area contributed by atoms with E-state index >= 15 is 0 Å². The van der Waals surface area contributed by atoms with Crippen LogP contribution in [0.5, 0.6) is 0 Å². The van der Waals surface area contributed by atoms with Gasteiger partial charge in [0.1, 0.15) is 6.10 Å². The van der Waals surface area contributed by atoms with Gasteiger partial charge in [0.05, 0.1) is 6.61 Å². The molecule has 1 atom stereocenters.